The van der Waals surface area contributed by atoms with Crippen LogP contribution in [0.3, 0.4) is 0 Å². The third kappa shape index (κ3) is 5.29. The van der Waals surface area contributed by atoms with Gasteiger partial charge in [0.2, 0.25) is 5.91 Å². The number of rotatable bonds is 5. The molecule has 1 aliphatic carbocycles. The number of hydrogen-bond donors (Lipinski definition) is 1. The first-order valence-electron chi connectivity index (χ1n) is 12.6. The number of carbonyl (C=O) groups is 1. The van der Waals surface area contributed by atoms with Crippen molar-refractivity contribution in [3.05, 3.63) is 64.7 Å². The molecule has 5 rings (SSSR count). The number of amides is 1. The van der Waals surface area contributed by atoms with E-state index in [-0.39, 0.29) is 5.91 Å². The average Bonchev–Trinajstić information content (AvgIpc) is 3.01. The summed E-state index contributed by atoms with van der Waals surface area (Å²) in [5.41, 5.74) is 5.86. The summed E-state index contributed by atoms with van der Waals surface area (Å²) in [7, 11) is 0. The lowest BCUT2D eigenvalue weighted by Crippen LogP contribution is -2.41. The van der Waals surface area contributed by atoms with Gasteiger partial charge in [0, 0.05) is 24.8 Å². The monoisotopic (exact) mass is 442 g/mol. The molecule has 2 aliphatic heterocycles. The summed E-state index contributed by atoms with van der Waals surface area (Å²) in [5.74, 6) is 0.581. The molecule has 2 aromatic carbocycles. The van der Waals surface area contributed by atoms with Crippen molar-refractivity contribution >= 4 is 11.6 Å². The highest BCUT2D eigenvalue weighted by Gasteiger charge is 2.27. The first-order chi connectivity index (χ1) is 16.2. The van der Waals surface area contributed by atoms with Crippen LogP contribution < -0.4 is 5.32 Å². The van der Waals surface area contributed by atoms with Crippen molar-refractivity contribution in [1.82, 2.24) is 9.80 Å². The molecule has 0 spiro atoms. The number of anilines is 1. The van der Waals surface area contributed by atoms with Crippen molar-refractivity contribution < 1.29 is 4.79 Å². The fraction of sp³-hybridized carbons (Fsp3) is 0.500. The molecule has 0 bridgehead atoms. The predicted molar refractivity (Wildman–Crippen MR) is 131 cm³/mol. The third-order valence-electron chi connectivity index (χ3n) is 7.86. The van der Waals surface area contributed by atoms with Crippen molar-refractivity contribution in [2.45, 2.75) is 56.9 Å². The van der Waals surface area contributed by atoms with Crippen molar-refractivity contribution in [2.75, 3.05) is 38.0 Å². The SMILES string of the molecule is N#Cc1cccc(NC(=O)CN2CCC(c3ccc4c(c3)CCN(C3CCC3)CC4)CC2)c1. The minimum Gasteiger partial charge on any atom is -0.325 e. The Morgan fingerprint density at radius 1 is 0.970 bits per heavy atom. The fourth-order valence-electron chi connectivity index (χ4n) is 5.63. The van der Waals surface area contributed by atoms with Gasteiger partial charge >= 0.3 is 0 Å². The minimum atomic E-state index is -0.00964. The highest BCUT2D eigenvalue weighted by atomic mass is 16.2. The quantitative estimate of drug-likeness (QED) is 0.749. The largest absolute Gasteiger partial charge is 0.325 e. The van der Waals surface area contributed by atoms with Crippen LogP contribution in [0.25, 0.3) is 0 Å². The van der Waals surface area contributed by atoms with Crippen LogP contribution in [0, 0.1) is 11.3 Å². The smallest absolute Gasteiger partial charge is 0.238 e. The number of nitrogens with one attached hydrogen (secondary N) is 1. The van der Waals surface area contributed by atoms with Gasteiger partial charge in [-0.25, -0.2) is 0 Å². The molecule has 3 aliphatic rings. The summed E-state index contributed by atoms with van der Waals surface area (Å²) in [5, 5.41) is 12.0. The minimum absolute atomic E-state index is 0.00964. The number of likely N-dealkylation sites (tertiary alicyclic amines) is 1. The van der Waals surface area contributed by atoms with Gasteiger partial charge < -0.3 is 5.32 Å². The van der Waals surface area contributed by atoms with Crippen LogP contribution in [0.4, 0.5) is 5.69 Å². The molecule has 2 aromatic rings. The Kier molecular flexibility index (Phi) is 6.75. The van der Waals surface area contributed by atoms with E-state index in [0.29, 0.717) is 23.7 Å². The van der Waals surface area contributed by atoms with Gasteiger partial charge in [0.25, 0.3) is 0 Å². The van der Waals surface area contributed by atoms with Gasteiger partial charge in [0.05, 0.1) is 18.2 Å². The predicted octanol–water partition coefficient (Wildman–Crippen LogP) is 4.33. The van der Waals surface area contributed by atoms with E-state index in [1.165, 1.54) is 50.8 Å². The number of piperidine rings is 1. The first-order valence-corrected chi connectivity index (χ1v) is 12.6. The summed E-state index contributed by atoms with van der Waals surface area (Å²) in [6.45, 7) is 4.74. The lowest BCUT2D eigenvalue weighted by Gasteiger charge is -2.36. The van der Waals surface area contributed by atoms with E-state index in [0.717, 1.165) is 32.0 Å². The Bertz CT molecular complexity index is 1030. The maximum atomic E-state index is 12.5. The molecule has 5 nitrogen and oxygen atoms in total. The summed E-state index contributed by atoms with van der Waals surface area (Å²) in [4.78, 5) is 17.5. The van der Waals surface area contributed by atoms with Crippen LogP contribution in [0.2, 0.25) is 0 Å². The second-order valence-electron chi connectivity index (χ2n) is 9.94. The van der Waals surface area contributed by atoms with E-state index in [4.69, 9.17) is 5.26 Å². The lowest BCUT2D eigenvalue weighted by atomic mass is 9.87. The van der Waals surface area contributed by atoms with Crippen LogP contribution in [0.5, 0.6) is 0 Å². The normalized spacial score (nSPS) is 20.3. The van der Waals surface area contributed by atoms with Gasteiger partial charge in [-0.2, -0.15) is 5.26 Å². The third-order valence-corrected chi connectivity index (χ3v) is 7.86. The number of carbonyl (C=O) groups excluding carboxylic acids is 1. The molecular weight excluding hydrogens is 408 g/mol. The zero-order valence-electron chi connectivity index (χ0n) is 19.4. The maximum Gasteiger partial charge on any atom is 0.238 e. The molecule has 5 heteroatoms. The first kappa shape index (κ1) is 22.1. The number of benzene rings is 2. The number of hydrogen-bond acceptors (Lipinski definition) is 4. The molecule has 0 atom stereocenters. The lowest BCUT2D eigenvalue weighted by molar-refractivity contribution is -0.117. The summed E-state index contributed by atoms with van der Waals surface area (Å²) in [6, 6.07) is 17.3. The van der Waals surface area contributed by atoms with Crippen LogP contribution in [0.1, 0.15) is 60.3 Å². The Balaban J connectivity index is 1.13. The van der Waals surface area contributed by atoms with E-state index >= 15 is 0 Å². The highest BCUT2D eigenvalue weighted by Crippen LogP contribution is 2.32. The average molecular weight is 443 g/mol. The number of nitriles is 1. The topological polar surface area (TPSA) is 59.4 Å². The Labute approximate surface area is 197 Å². The molecule has 2 fully saturated rings. The van der Waals surface area contributed by atoms with Gasteiger partial charge in [-0.1, -0.05) is 30.7 Å². The zero-order chi connectivity index (χ0) is 22.6. The van der Waals surface area contributed by atoms with E-state index in [1.807, 2.05) is 6.07 Å². The maximum absolute atomic E-state index is 12.5. The van der Waals surface area contributed by atoms with Crippen LogP contribution >= 0.6 is 0 Å². The molecule has 1 saturated carbocycles. The molecular formula is C28H34N4O. The zero-order valence-corrected chi connectivity index (χ0v) is 19.4. The van der Waals surface area contributed by atoms with Gasteiger partial charge in [0.1, 0.15) is 0 Å². The summed E-state index contributed by atoms with van der Waals surface area (Å²) >= 11 is 0. The molecule has 1 N–H and O–H groups in total. The van der Waals surface area contributed by atoms with E-state index in [2.05, 4.69) is 39.4 Å². The van der Waals surface area contributed by atoms with Gasteiger partial charge in [-0.3, -0.25) is 14.6 Å². The molecule has 172 valence electrons. The molecule has 1 saturated heterocycles. The van der Waals surface area contributed by atoms with Gasteiger partial charge in [-0.15, -0.1) is 0 Å². The Hall–Kier alpha value is -2.68. The Morgan fingerprint density at radius 3 is 2.48 bits per heavy atom. The standard InChI is InChI=1S/C28H34N4O/c29-19-21-3-1-4-26(17-21)30-28(33)20-31-13-9-23(10-14-31)24-8-7-22-11-15-32(27-5-2-6-27)16-12-25(22)18-24/h1,3-4,7-8,17-18,23,27H,2,5-6,9-16,20H2,(H,30,33). The van der Waals surface area contributed by atoms with Crippen molar-refractivity contribution in [1.29, 1.82) is 5.26 Å². The second kappa shape index (κ2) is 10.1. The molecule has 0 radical (unpaired) electrons. The van der Waals surface area contributed by atoms with Gasteiger partial charge in [0.15, 0.2) is 0 Å². The van der Waals surface area contributed by atoms with E-state index < -0.39 is 0 Å². The fourth-order valence-corrected chi connectivity index (χ4v) is 5.63. The number of fused-ring (bicyclic) bond motifs is 1. The molecule has 2 heterocycles. The van der Waals surface area contributed by atoms with E-state index in [1.54, 1.807) is 29.3 Å². The van der Waals surface area contributed by atoms with Gasteiger partial charge in [-0.05, 0) is 92.4 Å². The molecule has 1 amide bonds. The van der Waals surface area contributed by atoms with Crippen molar-refractivity contribution in [3.8, 4) is 6.07 Å². The van der Waals surface area contributed by atoms with Crippen LogP contribution in [-0.4, -0.2) is 54.5 Å². The van der Waals surface area contributed by atoms with Crippen molar-refractivity contribution in [3.63, 3.8) is 0 Å². The summed E-state index contributed by atoms with van der Waals surface area (Å²) < 4.78 is 0. The molecule has 0 unspecified atom stereocenters. The highest BCUT2D eigenvalue weighted by molar-refractivity contribution is 5.92. The summed E-state index contributed by atoms with van der Waals surface area (Å²) in [6.07, 6.45) is 8.78. The molecule has 33 heavy (non-hydrogen) atoms. The number of nitrogens with zero attached hydrogens (tertiary/aromatic N) is 3. The van der Waals surface area contributed by atoms with Crippen LogP contribution in [-0.2, 0) is 17.6 Å². The molecule has 0 aromatic heterocycles. The van der Waals surface area contributed by atoms with Crippen molar-refractivity contribution in [2.24, 2.45) is 0 Å². The Morgan fingerprint density at radius 2 is 1.76 bits per heavy atom. The second-order valence-corrected chi connectivity index (χ2v) is 9.94. The van der Waals surface area contributed by atoms with Crippen LogP contribution in [0.15, 0.2) is 42.5 Å². The van der Waals surface area contributed by atoms with E-state index in [9.17, 15) is 4.79 Å².